The molecule has 1 rings (SSSR count). The van der Waals surface area contributed by atoms with Crippen molar-refractivity contribution >= 4 is 17.6 Å². The lowest BCUT2D eigenvalue weighted by molar-refractivity contribution is 0.318. The van der Waals surface area contributed by atoms with Crippen molar-refractivity contribution in [2.45, 2.75) is 18.7 Å². The average Bonchev–Trinajstić information content (AvgIpc) is 2.25. The molecule has 0 unspecified atom stereocenters. The van der Waals surface area contributed by atoms with Gasteiger partial charge in [0.05, 0.1) is 0 Å². The molecule has 1 aromatic heterocycles. The van der Waals surface area contributed by atoms with Crippen LogP contribution in [0.4, 0.5) is 0 Å². The fourth-order valence-electron chi connectivity index (χ4n) is 1.02. The minimum Gasteiger partial charge on any atom is -0.409 e. The first-order valence-electron chi connectivity index (χ1n) is 4.70. The first-order chi connectivity index (χ1) is 7.15. The quantitative estimate of drug-likeness (QED) is 0.270. The highest BCUT2D eigenvalue weighted by Gasteiger charge is 2.07. The maximum absolute atomic E-state index is 8.62. The summed E-state index contributed by atoms with van der Waals surface area (Å²) in [5.74, 6) is 1.70. The van der Waals surface area contributed by atoms with Gasteiger partial charge in [-0.15, -0.1) is 11.8 Å². The number of nitrogens with two attached hydrogens (primary N) is 1. The molecule has 0 aliphatic carbocycles. The van der Waals surface area contributed by atoms with Crippen LogP contribution in [-0.4, -0.2) is 21.8 Å². The molecule has 0 aromatic carbocycles. The maximum atomic E-state index is 8.62. The van der Waals surface area contributed by atoms with Crippen LogP contribution >= 0.6 is 11.8 Å². The number of rotatable bonds is 4. The Balaban J connectivity index is 2.87. The zero-order chi connectivity index (χ0) is 11.3. The van der Waals surface area contributed by atoms with Crippen LogP contribution in [0.15, 0.2) is 28.5 Å². The summed E-state index contributed by atoms with van der Waals surface area (Å²) in [6.45, 7) is 4.29. The molecule has 3 N–H and O–H groups in total. The van der Waals surface area contributed by atoms with Crippen molar-refractivity contribution in [1.82, 2.24) is 4.98 Å². The van der Waals surface area contributed by atoms with E-state index in [1.54, 1.807) is 30.2 Å². The Labute approximate surface area is 93.6 Å². The number of oxime groups is 1. The largest absolute Gasteiger partial charge is 0.409 e. The zero-order valence-electron chi connectivity index (χ0n) is 8.84. The molecule has 5 heteroatoms. The van der Waals surface area contributed by atoms with Crippen LogP contribution in [0.2, 0.25) is 0 Å². The number of hydrogen-bond acceptors (Lipinski definition) is 4. The lowest BCUT2D eigenvalue weighted by atomic mass is 10.2. The van der Waals surface area contributed by atoms with Crippen molar-refractivity contribution in [3.63, 3.8) is 0 Å². The molecule has 4 nitrogen and oxygen atoms in total. The monoisotopic (exact) mass is 225 g/mol. The Hall–Kier alpha value is -1.23. The Morgan fingerprint density at radius 3 is 3.00 bits per heavy atom. The molecule has 0 amide bonds. The van der Waals surface area contributed by atoms with Crippen LogP contribution in [0, 0.1) is 5.92 Å². The van der Waals surface area contributed by atoms with E-state index < -0.39 is 0 Å². The molecule has 0 spiro atoms. The van der Waals surface area contributed by atoms with Crippen molar-refractivity contribution in [2.75, 3.05) is 5.75 Å². The molecule has 0 bridgehead atoms. The molecular weight excluding hydrogens is 210 g/mol. The first kappa shape index (κ1) is 11.8. The van der Waals surface area contributed by atoms with Gasteiger partial charge in [0.15, 0.2) is 5.84 Å². The third-order valence-corrected chi connectivity index (χ3v) is 3.21. The van der Waals surface area contributed by atoms with Gasteiger partial charge < -0.3 is 10.9 Å². The van der Waals surface area contributed by atoms with Gasteiger partial charge in [-0.1, -0.05) is 19.0 Å². The number of nitrogens with zero attached hydrogens (tertiary/aromatic N) is 2. The molecular formula is C10H15N3OS. The Morgan fingerprint density at radius 2 is 2.40 bits per heavy atom. The van der Waals surface area contributed by atoms with E-state index in [0.717, 1.165) is 16.2 Å². The predicted molar refractivity (Wildman–Crippen MR) is 62.3 cm³/mol. The van der Waals surface area contributed by atoms with Crippen LogP contribution in [0.5, 0.6) is 0 Å². The SMILES string of the molecule is CC(C)CSc1cnccc1/C(N)=N/O. The van der Waals surface area contributed by atoms with Gasteiger partial charge in [0, 0.05) is 28.6 Å². The molecule has 82 valence electrons. The minimum absolute atomic E-state index is 0.128. The molecule has 0 saturated carbocycles. The fraction of sp³-hybridized carbons (Fsp3) is 0.400. The summed E-state index contributed by atoms with van der Waals surface area (Å²) in [6, 6.07) is 1.75. The Kier molecular flexibility index (Phi) is 4.42. The van der Waals surface area contributed by atoms with Gasteiger partial charge >= 0.3 is 0 Å². The highest BCUT2D eigenvalue weighted by Crippen LogP contribution is 2.23. The summed E-state index contributed by atoms with van der Waals surface area (Å²) in [4.78, 5) is 4.97. The van der Waals surface area contributed by atoms with E-state index >= 15 is 0 Å². The second-order valence-electron chi connectivity index (χ2n) is 3.56. The summed E-state index contributed by atoms with van der Waals surface area (Å²) in [7, 11) is 0. The fourth-order valence-corrected chi connectivity index (χ4v) is 1.99. The third kappa shape index (κ3) is 3.43. The molecule has 0 fully saturated rings. The topological polar surface area (TPSA) is 71.5 Å². The van der Waals surface area contributed by atoms with Gasteiger partial charge in [-0.3, -0.25) is 4.98 Å². The molecule has 0 saturated heterocycles. The van der Waals surface area contributed by atoms with E-state index in [-0.39, 0.29) is 5.84 Å². The van der Waals surface area contributed by atoms with Gasteiger partial charge in [-0.05, 0) is 12.0 Å². The first-order valence-corrected chi connectivity index (χ1v) is 5.68. The molecule has 1 heterocycles. The predicted octanol–water partition coefficient (Wildman–Crippen LogP) is 1.92. The van der Waals surface area contributed by atoms with Crippen LogP contribution in [-0.2, 0) is 0 Å². The Bertz CT molecular complexity index is 352. The highest BCUT2D eigenvalue weighted by molar-refractivity contribution is 7.99. The van der Waals surface area contributed by atoms with Crippen molar-refractivity contribution in [3.05, 3.63) is 24.0 Å². The van der Waals surface area contributed by atoms with Gasteiger partial charge in [-0.2, -0.15) is 0 Å². The third-order valence-electron chi connectivity index (χ3n) is 1.74. The summed E-state index contributed by atoms with van der Waals surface area (Å²) in [5, 5.41) is 11.6. The van der Waals surface area contributed by atoms with E-state index in [9.17, 15) is 0 Å². The van der Waals surface area contributed by atoms with Crippen molar-refractivity contribution < 1.29 is 5.21 Å². The van der Waals surface area contributed by atoms with Crippen LogP contribution < -0.4 is 5.73 Å². The van der Waals surface area contributed by atoms with Crippen LogP contribution in [0.3, 0.4) is 0 Å². The maximum Gasteiger partial charge on any atom is 0.171 e. The van der Waals surface area contributed by atoms with E-state index in [2.05, 4.69) is 24.0 Å². The lowest BCUT2D eigenvalue weighted by Crippen LogP contribution is -2.14. The number of thioether (sulfide) groups is 1. The standard InChI is InChI=1S/C10H15N3OS/c1-7(2)6-15-9-5-12-4-3-8(9)10(11)13-14/h3-5,7,14H,6H2,1-2H3,(H2,11,13). The van der Waals surface area contributed by atoms with Gasteiger partial charge in [0.1, 0.15) is 0 Å². The van der Waals surface area contributed by atoms with Crippen molar-refractivity contribution in [2.24, 2.45) is 16.8 Å². The van der Waals surface area contributed by atoms with E-state index in [1.165, 1.54) is 0 Å². The second kappa shape index (κ2) is 5.60. The minimum atomic E-state index is 0.128. The summed E-state index contributed by atoms with van der Waals surface area (Å²) < 4.78 is 0. The molecule has 1 aromatic rings. The Morgan fingerprint density at radius 1 is 1.67 bits per heavy atom. The van der Waals surface area contributed by atoms with Crippen LogP contribution in [0.1, 0.15) is 19.4 Å². The molecule has 15 heavy (non-hydrogen) atoms. The highest BCUT2D eigenvalue weighted by atomic mass is 32.2. The van der Waals surface area contributed by atoms with Gasteiger partial charge in [0.25, 0.3) is 0 Å². The van der Waals surface area contributed by atoms with Gasteiger partial charge in [-0.25, -0.2) is 0 Å². The van der Waals surface area contributed by atoms with Gasteiger partial charge in [0.2, 0.25) is 0 Å². The van der Waals surface area contributed by atoms with E-state index in [1.807, 2.05) is 0 Å². The molecule has 0 atom stereocenters. The number of hydrogen-bond donors (Lipinski definition) is 2. The average molecular weight is 225 g/mol. The molecule has 0 aliphatic heterocycles. The zero-order valence-corrected chi connectivity index (χ0v) is 9.66. The molecule has 0 aliphatic rings. The smallest absolute Gasteiger partial charge is 0.171 e. The summed E-state index contributed by atoms with van der Waals surface area (Å²) >= 11 is 1.66. The van der Waals surface area contributed by atoms with Crippen molar-refractivity contribution in [1.29, 1.82) is 0 Å². The molecule has 0 radical (unpaired) electrons. The second-order valence-corrected chi connectivity index (χ2v) is 4.62. The lowest BCUT2D eigenvalue weighted by Gasteiger charge is -2.08. The summed E-state index contributed by atoms with van der Waals surface area (Å²) in [5.41, 5.74) is 6.29. The van der Waals surface area contributed by atoms with E-state index in [4.69, 9.17) is 10.9 Å². The number of pyridine rings is 1. The van der Waals surface area contributed by atoms with Crippen molar-refractivity contribution in [3.8, 4) is 0 Å². The number of aromatic nitrogens is 1. The summed E-state index contributed by atoms with van der Waals surface area (Å²) in [6.07, 6.45) is 3.37. The number of amidine groups is 1. The van der Waals surface area contributed by atoms with E-state index in [0.29, 0.717) is 5.92 Å². The normalized spacial score (nSPS) is 12.1. The van der Waals surface area contributed by atoms with Crippen LogP contribution in [0.25, 0.3) is 0 Å².